The molecule has 0 spiro atoms. The van der Waals surface area contributed by atoms with Gasteiger partial charge in [-0.3, -0.25) is 0 Å². The summed E-state index contributed by atoms with van der Waals surface area (Å²) in [5.74, 6) is 0. The first-order valence-electron chi connectivity index (χ1n) is 7.98. The number of rotatable bonds is 4. The minimum absolute atomic E-state index is 0.0486. The average molecular weight is 439 g/mol. The smallest absolute Gasteiger partial charge is 0.373 e. The van der Waals surface area contributed by atoms with Crippen molar-refractivity contribution < 1.29 is 18.3 Å². The fourth-order valence-corrected chi connectivity index (χ4v) is 3.15. The number of benzene rings is 2. The molecule has 5 nitrogen and oxygen atoms in total. The normalized spacial score (nSPS) is 14.0. The number of aromatic nitrogens is 3. The first kappa shape index (κ1) is 20.9. The van der Waals surface area contributed by atoms with Crippen molar-refractivity contribution >= 4 is 29.3 Å². The summed E-state index contributed by atoms with van der Waals surface area (Å²) < 4.78 is 42.4. The molecule has 0 aliphatic rings. The number of nitrogens with zero attached hydrogens (tertiary/aromatic N) is 4. The molecule has 0 radical (unpaired) electrons. The number of aliphatic hydroxyl groups is 1. The Hall–Kier alpha value is -2.86. The summed E-state index contributed by atoms with van der Waals surface area (Å²) in [4.78, 5) is 3.79. The van der Waals surface area contributed by atoms with Crippen molar-refractivity contribution in [2.24, 2.45) is 0 Å². The molecule has 29 heavy (non-hydrogen) atoms. The Balaban J connectivity index is 2.04. The van der Waals surface area contributed by atoms with Crippen molar-refractivity contribution in [2.75, 3.05) is 0 Å². The van der Waals surface area contributed by atoms with Gasteiger partial charge in [0, 0.05) is 10.0 Å². The fourth-order valence-electron chi connectivity index (χ4n) is 2.62. The quantitative estimate of drug-likeness (QED) is 0.627. The van der Waals surface area contributed by atoms with E-state index in [1.165, 1.54) is 41.6 Å². The van der Waals surface area contributed by atoms with Gasteiger partial charge in [-0.1, -0.05) is 35.3 Å². The van der Waals surface area contributed by atoms with E-state index in [9.17, 15) is 23.5 Å². The summed E-state index contributed by atoms with van der Waals surface area (Å²) in [6.45, 7) is 0. The monoisotopic (exact) mass is 438 g/mol. The Bertz CT molecular complexity index is 1090. The zero-order valence-corrected chi connectivity index (χ0v) is 15.9. The highest BCUT2D eigenvalue weighted by Crippen LogP contribution is 2.42. The fraction of sp³-hybridized carbons (Fsp3) is 0.105. The largest absolute Gasteiger partial charge is 0.425 e. The molecule has 1 atom stereocenters. The number of hydrogen-bond acceptors (Lipinski definition) is 4. The summed E-state index contributed by atoms with van der Waals surface area (Å²) in [6.07, 6.45) is -0.726. The van der Waals surface area contributed by atoms with Crippen LogP contribution in [-0.2, 0) is 5.60 Å². The minimum atomic E-state index is -5.05. The number of alkyl halides is 3. The van der Waals surface area contributed by atoms with E-state index < -0.39 is 17.3 Å². The summed E-state index contributed by atoms with van der Waals surface area (Å²) in [5.41, 5.74) is -3.02. The summed E-state index contributed by atoms with van der Waals surface area (Å²) in [6, 6.07) is 9.55. The van der Waals surface area contributed by atoms with Crippen LogP contribution in [0.15, 0.2) is 55.1 Å². The van der Waals surface area contributed by atoms with Crippen molar-refractivity contribution in [1.82, 2.24) is 14.8 Å². The van der Waals surface area contributed by atoms with Crippen LogP contribution in [0.4, 0.5) is 13.2 Å². The van der Waals surface area contributed by atoms with Crippen molar-refractivity contribution in [2.45, 2.75) is 11.8 Å². The lowest BCUT2D eigenvalue weighted by Crippen LogP contribution is -2.40. The van der Waals surface area contributed by atoms with Crippen LogP contribution in [0.25, 0.3) is 11.8 Å². The number of halogens is 5. The van der Waals surface area contributed by atoms with Gasteiger partial charge in [0.2, 0.25) is 5.60 Å². The van der Waals surface area contributed by atoms with Crippen LogP contribution in [0.2, 0.25) is 10.0 Å². The summed E-state index contributed by atoms with van der Waals surface area (Å²) >= 11 is 11.6. The van der Waals surface area contributed by atoms with Gasteiger partial charge in [0.05, 0.1) is 11.3 Å². The van der Waals surface area contributed by atoms with E-state index in [1.54, 1.807) is 0 Å². The third-order valence-electron chi connectivity index (χ3n) is 4.06. The van der Waals surface area contributed by atoms with Gasteiger partial charge in [-0.05, 0) is 47.5 Å². The molecule has 1 heterocycles. The molecule has 1 aromatic heterocycles. The minimum Gasteiger partial charge on any atom is -0.373 e. The van der Waals surface area contributed by atoms with E-state index in [0.29, 0.717) is 11.8 Å². The Morgan fingerprint density at radius 3 is 2.34 bits per heavy atom. The van der Waals surface area contributed by atoms with Crippen LogP contribution in [0.3, 0.4) is 0 Å². The molecule has 2 aromatic carbocycles. The van der Waals surface area contributed by atoms with E-state index in [2.05, 4.69) is 10.1 Å². The third-order valence-corrected chi connectivity index (χ3v) is 4.49. The van der Waals surface area contributed by atoms with Crippen LogP contribution in [0.5, 0.6) is 0 Å². The van der Waals surface area contributed by atoms with Gasteiger partial charge in [0.1, 0.15) is 18.7 Å². The lowest BCUT2D eigenvalue weighted by Gasteiger charge is -2.28. The zero-order chi connectivity index (χ0) is 21.2. The molecule has 0 aliphatic heterocycles. The summed E-state index contributed by atoms with van der Waals surface area (Å²) in [7, 11) is 0. The van der Waals surface area contributed by atoms with Crippen LogP contribution in [0, 0.1) is 11.3 Å². The highest BCUT2D eigenvalue weighted by Gasteiger charge is 2.53. The number of nitriles is 1. The molecule has 1 N–H and O–H groups in total. The predicted octanol–water partition coefficient (Wildman–Crippen LogP) is 4.91. The van der Waals surface area contributed by atoms with E-state index in [1.807, 2.05) is 6.07 Å². The maximum absolute atomic E-state index is 13.7. The highest BCUT2D eigenvalue weighted by molar-refractivity contribution is 6.34. The molecular formula is C19H11Cl2F3N4O. The molecule has 0 amide bonds. The lowest BCUT2D eigenvalue weighted by molar-refractivity contribution is -0.244. The van der Waals surface area contributed by atoms with Gasteiger partial charge < -0.3 is 5.11 Å². The molecule has 0 unspecified atom stereocenters. The molecule has 10 heteroatoms. The second kappa shape index (κ2) is 7.87. The summed E-state index contributed by atoms with van der Waals surface area (Å²) in [5, 5.41) is 23.6. The molecule has 0 saturated heterocycles. The molecule has 0 saturated carbocycles. The second-order valence-corrected chi connectivity index (χ2v) is 6.86. The molecule has 148 valence electrons. The van der Waals surface area contributed by atoms with Crippen molar-refractivity contribution in [3.63, 3.8) is 0 Å². The van der Waals surface area contributed by atoms with Gasteiger partial charge >= 0.3 is 6.18 Å². The standard InChI is InChI=1S/C19H11Cl2F3N4O/c20-15-6-14(7-16(21)8-15)18(29,19(22,23)24)4-3-12-1-2-17(13(5-12)9-25)28-11-26-10-27-28/h1-8,10-11,29H/b4-3+/t18-/m0/s1. The van der Waals surface area contributed by atoms with E-state index >= 15 is 0 Å². The van der Waals surface area contributed by atoms with Crippen LogP contribution >= 0.6 is 23.2 Å². The Morgan fingerprint density at radius 2 is 1.79 bits per heavy atom. The number of hydrogen-bond donors (Lipinski definition) is 1. The van der Waals surface area contributed by atoms with Crippen LogP contribution < -0.4 is 0 Å². The molecule has 0 bridgehead atoms. The van der Waals surface area contributed by atoms with Crippen molar-refractivity contribution in [3.05, 3.63) is 81.9 Å². The first-order valence-corrected chi connectivity index (χ1v) is 8.74. The highest BCUT2D eigenvalue weighted by atomic mass is 35.5. The molecule has 0 fully saturated rings. The van der Waals surface area contributed by atoms with E-state index in [-0.39, 0.29) is 21.2 Å². The van der Waals surface area contributed by atoms with Crippen LogP contribution in [-0.4, -0.2) is 26.0 Å². The maximum Gasteiger partial charge on any atom is 0.425 e. The SMILES string of the molecule is N#Cc1cc(/C=C/[C@](O)(c2cc(Cl)cc(Cl)c2)C(F)(F)F)ccc1-n1cncn1. The van der Waals surface area contributed by atoms with E-state index in [4.69, 9.17) is 23.2 Å². The average Bonchev–Trinajstić information content (AvgIpc) is 3.18. The lowest BCUT2D eigenvalue weighted by atomic mass is 9.91. The topological polar surface area (TPSA) is 74.7 Å². The van der Waals surface area contributed by atoms with E-state index in [0.717, 1.165) is 18.2 Å². The molecule has 3 aromatic rings. The zero-order valence-electron chi connectivity index (χ0n) is 14.4. The van der Waals surface area contributed by atoms with Crippen molar-refractivity contribution in [1.29, 1.82) is 5.26 Å². The Kier molecular flexibility index (Phi) is 5.66. The van der Waals surface area contributed by atoms with Gasteiger partial charge in [-0.15, -0.1) is 0 Å². The van der Waals surface area contributed by atoms with Gasteiger partial charge in [0.15, 0.2) is 0 Å². The van der Waals surface area contributed by atoms with Crippen molar-refractivity contribution in [3.8, 4) is 11.8 Å². The molecule has 0 aliphatic carbocycles. The van der Waals surface area contributed by atoms with Crippen LogP contribution in [0.1, 0.15) is 16.7 Å². The first-order chi connectivity index (χ1) is 13.6. The Labute approximate surface area is 173 Å². The second-order valence-electron chi connectivity index (χ2n) is 5.98. The van der Waals surface area contributed by atoms with Gasteiger partial charge in [0.25, 0.3) is 0 Å². The van der Waals surface area contributed by atoms with Gasteiger partial charge in [-0.2, -0.15) is 23.5 Å². The Morgan fingerprint density at radius 1 is 1.10 bits per heavy atom. The molecule has 3 rings (SSSR count). The van der Waals surface area contributed by atoms with Gasteiger partial charge in [-0.25, -0.2) is 9.67 Å². The maximum atomic E-state index is 13.7. The molecular weight excluding hydrogens is 428 g/mol. The third kappa shape index (κ3) is 4.27. The predicted molar refractivity (Wildman–Crippen MR) is 102 cm³/mol.